The molecule has 0 saturated heterocycles. The largest absolute Gasteiger partial charge is 0.364 e. The van der Waals surface area contributed by atoms with Crippen LogP contribution < -0.4 is 10.9 Å². The van der Waals surface area contributed by atoms with Gasteiger partial charge < -0.3 is 10.3 Å². The molecule has 0 aliphatic carbocycles. The Morgan fingerprint density at radius 2 is 1.79 bits per heavy atom. The Bertz CT molecular complexity index is 1500. The van der Waals surface area contributed by atoms with Crippen molar-refractivity contribution >= 4 is 57.1 Å². The van der Waals surface area contributed by atoms with Crippen molar-refractivity contribution in [2.75, 3.05) is 7.05 Å². The topological polar surface area (TPSA) is 60.5 Å². The van der Waals surface area contributed by atoms with E-state index in [9.17, 15) is 4.79 Å². The first-order valence-corrected chi connectivity index (χ1v) is 11.9. The number of H-pyrrole nitrogens is 1. The molecule has 1 aliphatic rings. The van der Waals surface area contributed by atoms with Crippen molar-refractivity contribution in [3.05, 3.63) is 104 Å². The van der Waals surface area contributed by atoms with Crippen LogP contribution in [-0.4, -0.2) is 27.9 Å². The average molecular weight is 507 g/mol. The van der Waals surface area contributed by atoms with E-state index in [0.717, 1.165) is 22.1 Å². The number of nitrogens with one attached hydrogen (secondary N) is 2. The lowest BCUT2D eigenvalue weighted by atomic mass is 9.91. The van der Waals surface area contributed by atoms with Gasteiger partial charge in [-0.05, 0) is 47.6 Å². The minimum Gasteiger partial charge on any atom is -0.364 e. The van der Waals surface area contributed by atoms with Crippen LogP contribution in [0.2, 0.25) is 10.0 Å². The van der Waals surface area contributed by atoms with Gasteiger partial charge in [0.15, 0.2) is 5.11 Å². The van der Waals surface area contributed by atoms with Crippen molar-refractivity contribution < 1.29 is 0 Å². The summed E-state index contributed by atoms with van der Waals surface area (Å²) >= 11 is 18.5. The van der Waals surface area contributed by atoms with Crippen LogP contribution in [0, 0.1) is 0 Å². The highest BCUT2D eigenvalue weighted by Crippen LogP contribution is 2.39. The van der Waals surface area contributed by atoms with Crippen LogP contribution in [0.1, 0.15) is 23.6 Å². The third-order valence-corrected chi connectivity index (χ3v) is 6.89. The van der Waals surface area contributed by atoms with Crippen LogP contribution in [0.5, 0.6) is 0 Å². The number of hydrogen-bond acceptors (Lipinski definition) is 3. The van der Waals surface area contributed by atoms with Crippen LogP contribution in [0.3, 0.4) is 0 Å². The Kier molecular flexibility index (Phi) is 6.13. The van der Waals surface area contributed by atoms with E-state index in [1.165, 1.54) is 0 Å². The second kappa shape index (κ2) is 9.22. The molecular formula is C26H20Cl2N4OS. The van der Waals surface area contributed by atoms with Crippen molar-refractivity contribution in [2.24, 2.45) is 5.10 Å². The third kappa shape index (κ3) is 3.98. The van der Waals surface area contributed by atoms with Crippen LogP contribution in [0.25, 0.3) is 22.0 Å². The van der Waals surface area contributed by atoms with Gasteiger partial charge in [0, 0.05) is 40.0 Å². The molecule has 2 N–H and O–H groups in total. The molecule has 0 saturated carbocycles. The van der Waals surface area contributed by atoms with E-state index in [1.54, 1.807) is 18.1 Å². The number of hydrazone groups is 1. The van der Waals surface area contributed by atoms with E-state index in [2.05, 4.69) is 10.3 Å². The number of thiocarbonyl (C=S) groups is 1. The molecule has 1 aromatic heterocycles. The third-order valence-electron chi connectivity index (χ3n) is 5.92. The van der Waals surface area contributed by atoms with Crippen LogP contribution in [-0.2, 0) is 0 Å². The van der Waals surface area contributed by atoms with Gasteiger partial charge in [-0.1, -0.05) is 71.7 Å². The number of rotatable bonds is 3. The summed E-state index contributed by atoms with van der Waals surface area (Å²) in [5, 5.41) is 12.1. The molecule has 1 aliphatic heterocycles. The van der Waals surface area contributed by atoms with E-state index < -0.39 is 0 Å². The van der Waals surface area contributed by atoms with Gasteiger partial charge in [0.2, 0.25) is 0 Å². The molecule has 5 nitrogen and oxygen atoms in total. The molecule has 170 valence electrons. The van der Waals surface area contributed by atoms with Crippen LogP contribution in [0.4, 0.5) is 0 Å². The van der Waals surface area contributed by atoms with E-state index in [4.69, 9.17) is 40.5 Å². The molecule has 0 amide bonds. The van der Waals surface area contributed by atoms with Gasteiger partial charge in [0.25, 0.3) is 5.56 Å². The lowest BCUT2D eigenvalue weighted by molar-refractivity contribution is 0.367. The summed E-state index contributed by atoms with van der Waals surface area (Å²) in [7, 11) is 1.75. The maximum atomic E-state index is 13.5. The normalized spacial score (nSPS) is 15.4. The zero-order valence-corrected chi connectivity index (χ0v) is 20.5. The molecule has 5 rings (SSSR count). The Morgan fingerprint density at radius 1 is 1.06 bits per heavy atom. The van der Waals surface area contributed by atoms with Gasteiger partial charge in [-0.2, -0.15) is 5.10 Å². The fourth-order valence-corrected chi connectivity index (χ4v) is 5.00. The first-order valence-electron chi connectivity index (χ1n) is 10.7. The van der Waals surface area contributed by atoms with E-state index >= 15 is 0 Å². The Balaban J connectivity index is 1.76. The summed E-state index contributed by atoms with van der Waals surface area (Å²) in [4.78, 5) is 16.5. The van der Waals surface area contributed by atoms with Gasteiger partial charge in [0.1, 0.15) is 0 Å². The highest BCUT2D eigenvalue weighted by molar-refractivity contribution is 7.80. The summed E-state index contributed by atoms with van der Waals surface area (Å²) in [6, 6.07) is 22.6. The van der Waals surface area contributed by atoms with Crippen molar-refractivity contribution in [2.45, 2.75) is 12.5 Å². The summed E-state index contributed by atoms with van der Waals surface area (Å²) in [6.45, 7) is 0. The summed E-state index contributed by atoms with van der Waals surface area (Å²) in [6.07, 6.45) is 0.459. The molecule has 3 aromatic carbocycles. The standard InChI is InChI=1S/C26H20Cl2N4OS/c1-29-26(34)32-22(17-9-5-6-10-19(17)28)14-21(31-32)24-23(15-7-3-2-4-8-15)18-13-16(27)11-12-20(18)30-25(24)33/h2-13,22H,14H2,1H3,(H,29,34)(H,30,33). The van der Waals surface area contributed by atoms with Gasteiger partial charge in [0.05, 0.1) is 17.3 Å². The Labute approximate surface area is 212 Å². The maximum absolute atomic E-state index is 13.5. The number of nitrogens with zero attached hydrogens (tertiary/aromatic N) is 2. The number of hydrogen-bond donors (Lipinski definition) is 2. The molecule has 0 radical (unpaired) electrons. The molecule has 0 spiro atoms. The first kappa shape index (κ1) is 22.6. The van der Waals surface area contributed by atoms with E-state index in [0.29, 0.717) is 38.4 Å². The number of benzene rings is 3. The summed E-state index contributed by atoms with van der Waals surface area (Å²) in [5.41, 5.74) is 4.20. The Morgan fingerprint density at radius 3 is 2.53 bits per heavy atom. The van der Waals surface area contributed by atoms with Crippen molar-refractivity contribution in [1.29, 1.82) is 0 Å². The molecule has 0 bridgehead atoms. The number of aromatic amines is 1. The molecule has 34 heavy (non-hydrogen) atoms. The maximum Gasteiger partial charge on any atom is 0.258 e. The zero-order valence-electron chi connectivity index (χ0n) is 18.2. The SMILES string of the molecule is CNC(=S)N1N=C(c2c(-c3ccccc3)c3cc(Cl)ccc3[nH]c2=O)CC1c1ccccc1Cl. The average Bonchev–Trinajstić information content (AvgIpc) is 3.28. The number of aromatic nitrogens is 1. The molecule has 0 fully saturated rings. The van der Waals surface area contributed by atoms with E-state index in [1.807, 2.05) is 66.7 Å². The fourth-order valence-electron chi connectivity index (χ4n) is 4.40. The molecule has 8 heteroatoms. The van der Waals surface area contributed by atoms with Crippen LogP contribution in [0.15, 0.2) is 82.7 Å². The molecule has 2 heterocycles. The number of pyridine rings is 1. The highest BCUT2D eigenvalue weighted by Gasteiger charge is 2.34. The molecule has 4 aromatic rings. The van der Waals surface area contributed by atoms with Gasteiger partial charge in [-0.3, -0.25) is 4.79 Å². The van der Waals surface area contributed by atoms with Crippen molar-refractivity contribution in [3.63, 3.8) is 0 Å². The molecule has 1 atom stereocenters. The minimum absolute atomic E-state index is 0.220. The van der Waals surface area contributed by atoms with Crippen molar-refractivity contribution in [3.8, 4) is 11.1 Å². The second-order valence-corrected chi connectivity index (χ2v) is 9.18. The summed E-state index contributed by atoms with van der Waals surface area (Å²) < 4.78 is 0. The van der Waals surface area contributed by atoms with Crippen molar-refractivity contribution in [1.82, 2.24) is 15.3 Å². The number of fused-ring (bicyclic) bond motifs is 1. The predicted octanol–water partition coefficient (Wildman–Crippen LogP) is 6.16. The van der Waals surface area contributed by atoms with Crippen LogP contribution >= 0.6 is 35.4 Å². The number of halogens is 2. The molecular weight excluding hydrogens is 487 g/mol. The second-order valence-electron chi connectivity index (χ2n) is 7.95. The fraction of sp³-hybridized carbons (Fsp3) is 0.115. The van der Waals surface area contributed by atoms with Gasteiger partial charge in [-0.15, -0.1) is 0 Å². The Hall–Kier alpha value is -3.19. The quantitative estimate of drug-likeness (QED) is 0.326. The minimum atomic E-state index is -0.248. The predicted molar refractivity (Wildman–Crippen MR) is 144 cm³/mol. The lowest BCUT2D eigenvalue weighted by Gasteiger charge is -2.24. The lowest BCUT2D eigenvalue weighted by Crippen LogP contribution is -2.34. The monoisotopic (exact) mass is 506 g/mol. The van der Waals surface area contributed by atoms with Gasteiger partial charge in [-0.25, -0.2) is 5.01 Å². The summed E-state index contributed by atoms with van der Waals surface area (Å²) in [5.74, 6) is 0. The zero-order chi connectivity index (χ0) is 23.8. The van der Waals surface area contributed by atoms with Gasteiger partial charge >= 0.3 is 0 Å². The first-order chi connectivity index (χ1) is 16.5. The van der Waals surface area contributed by atoms with E-state index in [-0.39, 0.29) is 11.6 Å². The smallest absolute Gasteiger partial charge is 0.258 e. The highest BCUT2D eigenvalue weighted by atomic mass is 35.5. The molecule has 1 unspecified atom stereocenters.